The number of nitrogens with one attached hydrogen (secondary N) is 1. The van der Waals surface area contributed by atoms with Crippen LogP contribution in [0.2, 0.25) is 0 Å². The van der Waals surface area contributed by atoms with Gasteiger partial charge in [-0.05, 0) is 50.2 Å². The Morgan fingerprint density at radius 2 is 1.73 bits per heavy atom. The second-order valence-electron chi connectivity index (χ2n) is 9.33. The summed E-state index contributed by atoms with van der Waals surface area (Å²) in [5, 5.41) is 2.76. The molecule has 1 aromatic carbocycles. The van der Waals surface area contributed by atoms with E-state index in [0.29, 0.717) is 24.7 Å². The molecule has 1 saturated carbocycles. The topological polar surface area (TPSA) is 55.4 Å². The standard InChI is InChI=1S/C22H33NO3/c1-21(2,3)16-11-9-15(10-12-16)18-14-19(24)17(18)8-7-13-23-20(25)26-22(4,5)6/h9-12,17-18H,7-8,13-14H2,1-6H3,(H,23,25)/t17-,18-/m0/s1. The highest BCUT2D eigenvalue weighted by molar-refractivity contribution is 5.89. The molecule has 1 aliphatic rings. The van der Waals surface area contributed by atoms with Crippen LogP contribution in [0.4, 0.5) is 4.79 Å². The number of benzene rings is 1. The molecule has 2 atom stereocenters. The largest absolute Gasteiger partial charge is 0.444 e. The smallest absolute Gasteiger partial charge is 0.407 e. The lowest BCUT2D eigenvalue weighted by atomic mass is 9.67. The first-order valence-corrected chi connectivity index (χ1v) is 9.57. The predicted octanol–water partition coefficient (Wildman–Crippen LogP) is 4.96. The number of amides is 1. The average Bonchev–Trinajstić information content (AvgIpc) is 2.49. The minimum atomic E-state index is -0.488. The third-order valence-electron chi connectivity index (χ3n) is 4.89. The zero-order valence-electron chi connectivity index (χ0n) is 17.0. The predicted molar refractivity (Wildman–Crippen MR) is 104 cm³/mol. The van der Waals surface area contributed by atoms with E-state index in [1.807, 2.05) is 20.8 Å². The van der Waals surface area contributed by atoms with Gasteiger partial charge in [0.25, 0.3) is 0 Å². The summed E-state index contributed by atoms with van der Waals surface area (Å²) in [6.07, 6.45) is 1.83. The van der Waals surface area contributed by atoms with Crippen LogP contribution in [0.5, 0.6) is 0 Å². The molecule has 26 heavy (non-hydrogen) atoms. The van der Waals surface area contributed by atoms with Gasteiger partial charge in [-0.15, -0.1) is 0 Å². The molecule has 1 aromatic rings. The van der Waals surface area contributed by atoms with Gasteiger partial charge in [-0.25, -0.2) is 4.79 Å². The molecule has 0 spiro atoms. The molecule has 0 bridgehead atoms. The molecular weight excluding hydrogens is 326 g/mol. The number of rotatable bonds is 5. The third kappa shape index (κ3) is 5.58. The molecule has 4 nitrogen and oxygen atoms in total. The second kappa shape index (κ2) is 7.81. The summed E-state index contributed by atoms with van der Waals surface area (Å²) in [5.74, 6) is 0.737. The molecule has 0 heterocycles. The first-order valence-electron chi connectivity index (χ1n) is 9.57. The fraction of sp³-hybridized carbons (Fsp3) is 0.636. The summed E-state index contributed by atoms with van der Waals surface area (Å²) in [5.41, 5.74) is 2.21. The van der Waals surface area contributed by atoms with Crippen molar-refractivity contribution in [2.24, 2.45) is 5.92 Å². The van der Waals surface area contributed by atoms with Gasteiger partial charge in [-0.3, -0.25) is 4.79 Å². The highest BCUT2D eigenvalue weighted by Crippen LogP contribution is 2.42. The lowest BCUT2D eigenvalue weighted by Crippen LogP contribution is -2.37. The van der Waals surface area contributed by atoms with Crippen molar-refractivity contribution in [3.63, 3.8) is 0 Å². The number of Topliss-reactive ketones (excluding diaryl/α,β-unsaturated/α-hetero) is 1. The van der Waals surface area contributed by atoms with Crippen LogP contribution in [0.1, 0.15) is 77.8 Å². The zero-order chi connectivity index (χ0) is 19.5. The molecule has 0 radical (unpaired) electrons. The van der Waals surface area contributed by atoms with E-state index in [1.54, 1.807) is 0 Å². The van der Waals surface area contributed by atoms with Crippen LogP contribution in [-0.4, -0.2) is 24.0 Å². The van der Waals surface area contributed by atoms with Crippen LogP contribution in [0.15, 0.2) is 24.3 Å². The fourth-order valence-electron chi connectivity index (χ4n) is 3.34. The molecular formula is C22H33NO3. The number of hydrogen-bond donors (Lipinski definition) is 1. The van der Waals surface area contributed by atoms with Gasteiger partial charge >= 0.3 is 6.09 Å². The van der Waals surface area contributed by atoms with Crippen molar-refractivity contribution in [3.8, 4) is 0 Å². The van der Waals surface area contributed by atoms with E-state index in [2.05, 4.69) is 50.4 Å². The molecule has 1 fully saturated rings. The molecule has 4 heteroatoms. The number of carbonyl (C=O) groups excluding carboxylic acids is 2. The van der Waals surface area contributed by atoms with Gasteiger partial charge in [0.15, 0.2) is 0 Å². The second-order valence-corrected chi connectivity index (χ2v) is 9.33. The van der Waals surface area contributed by atoms with Gasteiger partial charge in [0.1, 0.15) is 11.4 Å². The Morgan fingerprint density at radius 1 is 1.12 bits per heavy atom. The van der Waals surface area contributed by atoms with Crippen molar-refractivity contribution >= 4 is 11.9 Å². The Kier molecular flexibility index (Phi) is 6.15. The Hall–Kier alpha value is -1.84. The van der Waals surface area contributed by atoms with Crippen molar-refractivity contribution in [2.75, 3.05) is 6.54 Å². The summed E-state index contributed by atoms with van der Waals surface area (Å²) >= 11 is 0. The van der Waals surface area contributed by atoms with Gasteiger partial charge in [0, 0.05) is 24.8 Å². The van der Waals surface area contributed by atoms with Crippen molar-refractivity contribution in [2.45, 2.75) is 77.7 Å². The number of ketones is 1. The van der Waals surface area contributed by atoms with E-state index in [4.69, 9.17) is 4.74 Å². The first-order chi connectivity index (χ1) is 12.0. The van der Waals surface area contributed by atoms with E-state index in [0.717, 1.165) is 12.8 Å². The number of alkyl carbamates (subject to hydrolysis) is 1. The maximum atomic E-state index is 12.0. The first kappa shape index (κ1) is 20.5. The molecule has 0 aliphatic heterocycles. The highest BCUT2D eigenvalue weighted by atomic mass is 16.6. The quantitative estimate of drug-likeness (QED) is 0.756. The van der Waals surface area contributed by atoms with Crippen LogP contribution < -0.4 is 5.32 Å². The lowest BCUT2D eigenvalue weighted by Gasteiger charge is -2.36. The minimum Gasteiger partial charge on any atom is -0.444 e. The lowest BCUT2D eigenvalue weighted by molar-refractivity contribution is -0.131. The SMILES string of the molecule is CC(C)(C)OC(=O)NCCC[C@@H]1C(=O)C[C@H]1c1ccc(C(C)(C)C)cc1. The van der Waals surface area contributed by atoms with E-state index in [-0.39, 0.29) is 11.3 Å². The number of carbonyl (C=O) groups is 2. The van der Waals surface area contributed by atoms with Crippen LogP contribution in [0, 0.1) is 5.92 Å². The molecule has 2 rings (SSSR count). The monoisotopic (exact) mass is 359 g/mol. The molecule has 0 aromatic heterocycles. The minimum absolute atomic E-state index is 0.0796. The van der Waals surface area contributed by atoms with Crippen LogP contribution in [0.25, 0.3) is 0 Å². The van der Waals surface area contributed by atoms with E-state index >= 15 is 0 Å². The van der Waals surface area contributed by atoms with Crippen molar-refractivity contribution < 1.29 is 14.3 Å². The average molecular weight is 360 g/mol. The molecule has 1 amide bonds. The Bertz CT molecular complexity index is 635. The van der Waals surface area contributed by atoms with Gasteiger partial charge < -0.3 is 10.1 Å². The molecule has 1 aliphatic carbocycles. The maximum absolute atomic E-state index is 12.0. The Morgan fingerprint density at radius 3 is 2.23 bits per heavy atom. The molecule has 0 unspecified atom stereocenters. The third-order valence-corrected chi connectivity index (χ3v) is 4.89. The van der Waals surface area contributed by atoms with Crippen molar-refractivity contribution in [1.29, 1.82) is 0 Å². The summed E-state index contributed by atoms with van der Waals surface area (Å²) in [6.45, 7) is 12.7. The summed E-state index contributed by atoms with van der Waals surface area (Å²) < 4.78 is 5.22. The van der Waals surface area contributed by atoms with Crippen LogP contribution in [0.3, 0.4) is 0 Å². The summed E-state index contributed by atoms with van der Waals surface area (Å²) in [6, 6.07) is 8.70. The Balaban J connectivity index is 1.82. The van der Waals surface area contributed by atoms with E-state index < -0.39 is 11.7 Å². The van der Waals surface area contributed by atoms with Gasteiger partial charge in [0.2, 0.25) is 0 Å². The zero-order valence-corrected chi connectivity index (χ0v) is 17.0. The van der Waals surface area contributed by atoms with E-state index in [1.165, 1.54) is 11.1 Å². The normalized spacial score (nSPS) is 20.5. The summed E-state index contributed by atoms with van der Waals surface area (Å²) in [4.78, 5) is 23.7. The molecule has 144 valence electrons. The van der Waals surface area contributed by atoms with Gasteiger partial charge in [-0.1, -0.05) is 45.0 Å². The van der Waals surface area contributed by atoms with Crippen LogP contribution in [-0.2, 0) is 14.9 Å². The maximum Gasteiger partial charge on any atom is 0.407 e. The van der Waals surface area contributed by atoms with Gasteiger partial charge in [0.05, 0.1) is 0 Å². The van der Waals surface area contributed by atoms with Crippen molar-refractivity contribution in [1.82, 2.24) is 5.32 Å². The molecule has 1 N–H and O–H groups in total. The fourth-order valence-corrected chi connectivity index (χ4v) is 3.34. The summed E-state index contributed by atoms with van der Waals surface area (Å²) in [7, 11) is 0. The number of hydrogen-bond acceptors (Lipinski definition) is 3. The van der Waals surface area contributed by atoms with Crippen molar-refractivity contribution in [3.05, 3.63) is 35.4 Å². The van der Waals surface area contributed by atoms with Crippen LogP contribution >= 0.6 is 0 Å². The van der Waals surface area contributed by atoms with Gasteiger partial charge in [-0.2, -0.15) is 0 Å². The number of ether oxygens (including phenoxy) is 1. The Labute approximate surface area is 157 Å². The molecule has 0 saturated heterocycles. The van der Waals surface area contributed by atoms with E-state index in [9.17, 15) is 9.59 Å². The highest BCUT2D eigenvalue weighted by Gasteiger charge is 2.39.